The second kappa shape index (κ2) is 7.62. The molecule has 0 heterocycles. The van der Waals surface area contributed by atoms with E-state index in [1.54, 1.807) is 18.2 Å². The summed E-state index contributed by atoms with van der Waals surface area (Å²) in [5, 5.41) is 12.2. The molecule has 5 nitrogen and oxygen atoms in total. The maximum absolute atomic E-state index is 11.2. The summed E-state index contributed by atoms with van der Waals surface area (Å²) in [6.45, 7) is 8.60. The SMILES string of the molecule is CCOc1ccc(NC(C(=O)O)C(C)C)cc1OCC. The van der Waals surface area contributed by atoms with Crippen molar-refractivity contribution >= 4 is 11.7 Å². The number of benzene rings is 1. The van der Waals surface area contributed by atoms with E-state index in [1.807, 2.05) is 27.7 Å². The fourth-order valence-corrected chi connectivity index (χ4v) is 1.83. The molecular formula is C15H23NO4. The highest BCUT2D eigenvalue weighted by Gasteiger charge is 2.21. The van der Waals surface area contributed by atoms with Gasteiger partial charge < -0.3 is 19.9 Å². The van der Waals surface area contributed by atoms with E-state index >= 15 is 0 Å². The molecule has 0 amide bonds. The fraction of sp³-hybridized carbons (Fsp3) is 0.533. The molecule has 20 heavy (non-hydrogen) atoms. The lowest BCUT2D eigenvalue weighted by Gasteiger charge is -2.20. The molecule has 0 aliphatic heterocycles. The van der Waals surface area contributed by atoms with Crippen molar-refractivity contribution in [2.24, 2.45) is 5.92 Å². The van der Waals surface area contributed by atoms with Crippen LogP contribution in [0, 0.1) is 5.92 Å². The Morgan fingerprint density at radius 3 is 2.30 bits per heavy atom. The Hall–Kier alpha value is -1.91. The first-order valence-electron chi connectivity index (χ1n) is 6.88. The minimum absolute atomic E-state index is 0.0189. The Balaban J connectivity index is 2.95. The minimum atomic E-state index is -0.869. The summed E-state index contributed by atoms with van der Waals surface area (Å²) < 4.78 is 11.0. The monoisotopic (exact) mass is 281 g/mol. The second-order valence-electron chi connectivity index (χ2n) is 4.73. The van der Waals surface area contributed by atoms with E-state index in [0.29, 0.717) is 30.4 Å². The fourth-order valence-electron chi connectivity index (χ4n) is 1.83. The molecule has 0 saturated carbocycles. The Bertz CT molecular complexity index is 445. The zero-order chi connectivity index (χ0) is 15.1. The van der Waals surface area contributed by atoms with Gasteiger partial charge in [0.25, 0.3) is 0 Å². The Morgan fingerprint density at radius 1 is 1.20 bits per heavy atom. The third-order valence-corrected chi connectivity index (χ3v) is 2.80. The lowest BCUT2D eigenvalue weighted by atomic mass is 10.0. The molecule has 0 fully saturated rings. The number of aliphatic carboxylic acids is 1. The highest BCUT2D eigenvalue weighted by atomic mass is 16.5. The number of anilines is 1. The molecule has 0 bridgehead atoms. The summed E-state index contributed by atoms with van der Waals surface area (Å²) in [6, 6.07) is 4.72. The normalized spacial score (nSPS) is 12.1. The molecule has 1 aromatic carbocycles. The smallest absolute Gasteiger partial charge is 0.326 e. The third-order valence-electron chi connectivity index (χ3n) is 2.80. The molecule has 1 unspecified atom stereocenters. The van der Waals surface area contributed by atoms with Gasteiger partial charge in [0.05, 0.1) is 13.2 Å². The van der Waals surface area contributed by atoms with Gasteiger partial charge in [0.2, 0.25) is 0 Å². The van der Waals surface area contributed by atoms with Crippen LogP contribution in [0.25, 0.3) is 0 Å². The highest BCUT2D eigenvalue weighted by Crippen LogP contribution is 2.31. The zero-order valence-corrected chi connectivity index (χ0v) is 12.5. The van der Waals surface area contributed by atoms with E-state index < -0.39 is 12.0 Å². The standard InChI is InChI=1S/C15H23NO4/c1-5-19-12-8-7-11(9-13(12)20-6-2)16-14(10(3)4)15(17)18/h7-10,14,16H,5-6H2,1-4H3,(H,17,18). The van der Waals surface area contributed by atoms with Crippen LogP contribution in [0.5, 0.6) is 11.5 Å². The van der Waals surface area contributed by atoms with E-state index in [2.05, 4.69) is 5.32 Å². The van der Waals surface area contributed by atoms with Crippen molar-refractivity contribution in [1.29, 1.82) is 0 Å². The van der Waals surface area contributed by atoms with Crippen LogP contribution >= 0.6 is 0 Å². The molecule has 112 valence electrons. The van der Waals surface area contributed by atoms with Crippen LogP contribution in [0.3, 0.4) is 0 Å². The summed E-state index contributed by atoms with van der Waals surface area (Å²) in [7, 11) is 0. The van der Waals surface area contributed by atoms with Crippen LogP contribution in [0.15, 0.2) is 18.2 Å². The molecule has 0 aromatic heterocycles. The summed E-state index contributed by atoms with van der Waals surface area (Å²) in [5.41, 5.74) is 0.706. The van der Waals surface area contributed by atoms with Crippen molar-refractivity contribution in [2.75, 3.05) is 18.5 Å². The van der Waals surface area contributed by atoms with Gasteiger partial charge in [-0.1, -0.05) is 13.8 Å². The van der Waals surface area contributed by atoms with Crippen LogP contribution in [-0.2, 0) is 4.79 Å². The van der Waals surface area contributed by atoms with Gasteiger partial charge in [0, 0.05) is 11.8 Å². The molecule has 0 saturated heterocycles. The van der Waals surface area contributed by atoms with Crippen LogP contribution in [0.2, 0.25) is 0 Å². The predicted octanol–water partition coefficient (Wildman–Crippen LogP) is 3.01. The first-order valence-corrected chi connectivity index (χ1v) is 6.88. The van der Waals surface area contributed by atoms with Crippen molar-refractivity contribution in [3.05, 3.63) is 18.2 Å². The van der Waals surface area contributed by atoms with Crippen molar-refractivity contribution in [3.8, 4) is 11.5 Å². The number of rotatable bonds is 8. The molecule has 0 spiro atoms. The average Bonchev–Trinajstić information content (AvgIpc) is 2.38. The van der Waals surface area contributed by atoms with E-state index in [1.165, 1.54) is 0 Å². The third kappa shape index (κ3) is 4.33. The topological polar surface area (TPSA) is 67.8 Å². The van der Waals surface area contributed by atoms with E-state index in [4.69, 9.17) is 9.47 Å². The van der Waals surface area contributed by atoms with Gasteiger partial charge in [-0.25, -0.2) is 4.79 Å². The zero-order valence-electron chi connectivity index (χ0n) is 12.5. The largest absolute Gasteiger partial charge is 0.490 e. The van der Waals surface area contributed by atoms with Crippen molar-refractivity contribution in [2.45, 2.75) is 33.7 Å². The number of carbonyl (C=O) groups is 1. The van der Waals surface area contributed by atoms with E-state index in [0.717, 1.165) is 0 Å². The molecule has 5 heteroatoms. The Morgan fingerprint density at radius 2 is 1.80 bits per heavy atom. The summed E-state index contributed by atoms with van der Waals surface area (Å²) in [4.78, 5) is 11.2. The Labute approximate surface area is 119 Å². The van der Waals surface area contributed by atoms with Gasteiger partial charge in [0.15, 0.2) is 11.5 Å². The summed E-state index contributed by atoms with van der Waals surface area (Å²) in [6.07, 6.45) is 0. The van der Waals surface area contributed by atoms with Gasteiger partial charge in [-0.05, 0) is 31.9 Å². The Kier molecular flexibility index (Phi) is 6.15. The minimum Gasteiger partial charge on any atom is -0.490 e. The number of carboxylic acid groups (broad SMARTS) is 1. The van der Waals surface area contributed by atoms with Gasteiger partial charge in [0.1, 0.15) is 6.04 Å². The van der Waals surface area contributed by atoms with Crippen LogP contribution < -0.4 is 14.8 Å². The molecule has 0 aliphatic carbocycles. The van der Waals surface area contributed by atoms with Crippen molar-refractivity contribution in [1.82, 2.24) is 0 Å². The van der Waals surface area contributed by atoms with Crippen LogP contribution in [0.4, 0.5) is 5.69 Å². The number of hydrogen-bond donors (Lipinski definition) is 2. The van der Waals surface area contributed by atoms with Crippen molar-refractivity contribution in [3.63, 3.8) is 0 Å². The lowest BCUT2D eigenvalue weighted by Crippen LogP contribution is -2.34. The van der Waals surface area contributed by atoms with Crippen LogP contribution in [0.1, 0.15) is 27.7 Å². The number of ether oxygens (including phenoxy) is 2. The van der Waals surface area contributed by atoms with Gasteiger partial charge in [-0.3, -0.25) is 0 Å². The first kappa shape index (κ1) is 16.1. The van der Waals surface area contributed by atoms with E-state index in [-0.39, 0.29) is 5.92 Å². The molecule has 1 atom stereocenters. The van der Waals surface area contributed by atoms with E-state index in [9.17, 15) is 9.90 Å². The first-order chi connectivity index (χ1) is 9.49. The van der Waals surface area contributed by atoms with Crippen molar-refractivity contribution < 1.29 is 19.4 Å². The predicted molar refractivity (Wildman–Crippen MR) is 78.7 cm³/mol. The maximum Gasteiger partial charge on any atom is 0.326 e. The molecule has 0 aliphatic rings. The molecule has 1 aromatic rings. The summed E-state index contributed by atoms with van der Waals surface area (Å²) in [5.74, 6) is 0.394. The molecular weight excluding hydrogens is 258 g/mol. The maximum atomic E-state index is 11.2. The summed E-state index contributed by atoms with van der Waals surface area (Å²) >= 11 is 0. The molecule has 0 radical (unpaired) electrons. The quantitative estimate of drug-likeness (QED) is 0.766. The van der Waals surface area contributed by atoms with Gasteiger partial charge in [-0.15, -0.1) is 0 Å². The van der Waals surface area contributed by atoms with Gasteiger partial charge in [-0.2, -0.15) is 0 Å². The second-order valence-corrected chi connectivity index (χ2v) is 4.73. The highest BCUT2D eigenvalue weighted by molar-refractivity contribution is 5.78. The lowest BCUT2D eigenvalue weighted by molar-refractivity contribution is -0.138. The van der Waals surface area contributed by atoms with Crippen LogP contribution in [-0.4, -0.2) is 30.3 Å². The number of hydrogen-bond acceptors (Lipinski definition) is 4. The molecule has 2 N–H and O–H groups in total. The number of nitrogens with one attached hydrogen (secondary N) is 1. The van der Waals surface area contributed by atoms with Gasteiger partial charge >= 0.3 is 5.97 Å². The number of carboxylic acids is 1. The molecule has 1 rings (SSSR count). The average molecular weight is 281 g/mol.